The summed E-state index contributed by atoms with van der Waals surface area (Å²) < 4.78 is 22.7. The van der Waals surface area contributed by atoms with E-state index in [-0.39, 0.29) is 39.2 Å². The van der Waals surface area contributed by atoms with Crippen LogP contribution in [-0.2, 0) is 14.6 Å². The number of hydrogen-bond donors (Lipinski definition) is 2. The number of anilines is 1. The molecule has 0 radical (unpaired) electrons. The fraction of sp³-hybridized carbons (Fsp3) is 0.333. The second kappa shape index (κ2) is 5.82. The zero-order valence-electron chi connectivity index (χ0n) is 10.6. The molecular formula is C12H11Cl2NO5S. The third-order valence-corrected chi connectivity index (χ3v) is 5.50. The van der Waals surface area contributed by atoms with Crippen molar-refractivity contribution in [3.05, 3.63) is 27.7 Å². The molecule has 1 aliphatic heterocycles. The molecule has 1 saturated heterocycles. The summed E-state index contributed by atoms with van der Waals surface area (Å²) in [6, 6.07) is 2.33. The van der Waals surface area contributed by atoms with Gasteiger partial charge in [-0.3, -0.25) is 4.79 Å². The standard InChI is InChI=1S/C12H11Cl2NO5S/c13-8-3-7(12(17)18)4-9(14)10(8)15-11(16)6-1-2-21(19,20)5-6/h3-4,6H,1-2,5H2,(H,15,16)(H,17,18). The molecule has 21 heavy (non-hydrogen) atoms. The molecule has 1 amide bonds. The van der Waals surface area contributed by atoms with Gasteiger partial charge in [0.1, 0.15) is 0 Å². The van der Waals surface area contributed by atoms with E-state index in [4.69, 9.17) is 28.3 Å². The Bertz CT molecular complexity index is 693. The second-order valence-electron chi connectivity index (χ2n) is 4.71. The monoisotopic (exact) mass is 351 g/mol. The van der Waals surface area contributed by atoms with Crippen LogP contribution in [0.3, 0.4) is 0 Å². The first-order valence-electron chi connectivity index (χ1n) is 5.93. The Balaban J connectivity index is 2.20. The third kappa shape index (κ3) is 3.66. The lowest BCUT2D eigenvalue weighted by molar-refractivity contribution is -0.119. The third-order valence-electron chi connectivity index (χ3n) is 3.14. The highest BCUT2D eigenvalue weighted by Crippen LogP contribution is 2.33. The molecule has 1 fully saturated rings. The van der Waals surface area contributed by atoms with Gasteiger partial charge in [0.2, 0.25) is 5.91 Å². The highest BCUT2D eigenvalue weighted by atomic mass is 35.5. The van der Waals surface area contributed by atoms with Crippen molar-refractivity contribution in [3.8, 4) is 0 Å². The quantitative estimate of drug-likeness (QED) is 0.867. The van der Waals surface area contributed by atoms with Gasteiger partial charge in [0, 0.05) is 0 Å². The smallest absolute Gasteiger partial charge is 0.335 e. The molecule has 1 aliphatic rings. The van der Waals surface area contributed by atoms with Gasteiger partial charge in [-0.1, -0.05) is 23.2 Å². The Hall–Kier alpha value is -1.31. The molecule has 1 heterocycles. The number of carbonyl (C=O) groups is 2. The van der Waals surface area contributed by atoms with Crippen LogP contribution >= 0.6 is 23.2 Å². The van der Waals surface area contributed by atoms with Crippen LogP contribution in [0.2, 0.25) is 10.0 Å². The van der Waals surface area contributed by atoms with E-state index in [1.807, 2.05) is 0 Å². The molecule has 1 unspecified atom stereocenters. The maximum absolute atomic E-state index is 12.0. The fourth-order valence-electron chi connectivity index (χ4n) is 2.04. The maximum Gasteiger partial charge on any atom is 0.335 e. The Morgan fingerprint density at radius 2 is 1.81 bits per heavy atom. The summed E-state index contributed by atoms with van der Waals surface area (Å²) in [6.45, 7) is 0. The van der Waals surface area contributed by atoms with E-state index >= 15 is 0 Å². The lowest BCUT2D eigenvalue weighted by Gasteiger charge is -2.13. The Labute approximate surface area is 131 Å². The van der Waals surface area contributed by atoms with Crippen molar-refractivity contribution in [2.75, 3.05) is 16.8 Å². The van der Waals surface area contributed by atoms with E-state index in [0.29, 0.717) is 0 Å². The van der Waals surface area contributed by atoms with Gasteiger partial charge in [0.05, 0.1) is 38.7 Å². The Morgan fingerprint density at radius 1 is 1.24 bits per heavy atom. The van der Waals surface area contributed by atoms with Crippen LogP contribution in [0.25, 0.3) is 0 Å². The van der Waals surface area contributed by atoms with Crippen molar-refractivity contribution in [3.63, 3.8) is 0 Å². The SMILES string of the molecule is O=C(O)c1cc(Cl)c(NC(=O)C2CCS(=O)(=O)C2)c(Cl)c1. The van der Waals surface area contributed by atoms with Crippen LogP contribution in [0.4, 0.5) is 5.69 Å². The van der Waals surface area contributed by atoms with E-state index in [2.05, 4.69) is 5.32 Å². The number of benzene rings is 1. The largest absolute Gasteiger partial charge is 0.478 e. The second-order valence-corrected chi connectivity index (χ2v) is 7.75. The van der Waals surface area contributed by atoms with Crippen molar-refractivity contribution < 1.29 is 23.1 Å². The number of carboxylic acid groups (broad SMARTS) is 1. The van der Waals surface area contributed by atoms with Crippen LogP contribution in [0.5, 0.6) is 0 Å². The molecule has 0 saturated carbocycles. The summed E-state index contributed by atoms with van der Waals surface area (Å²) in [5.41, 5.74) is -0.0240. The maximum atomic E-state index is 12.0. The molecule has 2 N–H and O–H groups in total. The summed E-state index contributed by atoms with van der Waals surface area (Å²) in [5, 5.41) is 11.3. The van der Waals surface area contributed by atoms with Gasteiger partial charge in [-0.05, 0) is 18.6 Å². The van der Waals surface area contributed by atoms with Gasteiger partial charge in [0.15, 0.2) is 9.84 Å². The Morgan fingerprint density at radius 3 is 2.24 bits per heavy atom. The van der Waals surface area contributed by atoms with Gasteiger partial charge in [0.25, 0.3) is 0 Å². The number of halogens is 2. The highest BCUT2D eigenvalue weighted by molar-refractivity contribution is 7.91. The summed E-state index contributed by atoms with van der Waals surface area (Å²) in [6.07, 6.45) is 0.247. The normalized spacial score (nSPS) is 20.2. The number of carbonyl (C=O) groups excluding carboxylic acids is 1. The van der Waals surface area contributed by atoms with Crippen LogP contribution < -0.4 is 5.32 Å². The molecule has 1 aromatic rings. The highest BCUT2D eigenvalue weighted by Gasteiger charge is 2.33. The summed E-state index contributed by atoms with van der Waals surface area (Å²) in [5.74, 6) is -2.58. The van der Waals surface area contributed by atoms with Crippen LogP contribution in [0.15, 0.2) is 12.1 Å². The van der Waals surface area contributed by atoms with Crippen molar-refractivity contribution >= 4 is 50.6 Å². The lowest BCUT2D eigenvalue weighted by Crippen LogP contribution is -2.24. The number of hydrogen-bond acceptors (Lipinski definition) is 4. The zero-order valence-corrected chi connectivity index (χ0v) is 12.9. The minimum absolute atomic E-state index is 0.0193. The van der Waals surface area contributed by atoms with E-state index in [9.17, 15) is 18.0 Å². The minimum Gasteiger partial charge on any atom is -0.478 e. The van der Waals surface area contributed by atoms with Crippen LogP contribution in [-0.4, -0.2) is 36.9 Å². The molecule has 6 nitrogen and oxygen atoms in total. The van der Waals surface area contributed by atoms with Crippen LogP contribution in [0, 0.1) is 5.92 Å². The number of amides is 1. The van der Waals surface area contributed by atoms with E-state index < -0.39 is 27.6 Å². The van der Waals surface area contributed by atoms with Crippen molar-refractivity contribution in [1.82, 2.24) is 0 Å². The van der Waals surface area contributed by atoms with Crippen molar-refractivity contribution in [1.29, 1.82) is 0 Å². The molecule has 0 bridgehead atoms. The van der Waals surface area contributed by atoms with Gasteiger partial charge >= 0.3 is 5.97 Å². The molecule has 114 valence electrons. The molecule has 0 aromatic heterocycles. The van der Waals surface area contributed by atoms with E-state index in [1.165, 1.54) is 0 Å². The summed E-state index contributed by atoms with van der Waals surface area (Å²) >= 11 is 11.8. The molecule has 0 spiro atoms. The van der Waals surface area contributed by atoms with Crippen molar-refractivity contribution in [2.24, 2.45) is 5.92 Å². The van der Waals surface area contributed by atoms with Crippen LogP contribution in [0.1, 0.15) is 16.8 Å². The molecule has 9 heteroatoms. The number of aromatic carboxylic acids is 1. The predicted molar refractivity (Wildman–Crippen MR) is 78.8 cm³/mol. The number of rotatable bonds is 3. The number of sulfone groups is 1. The number of nitrogens with one attached hydrogen (secondary N) is 1. The van der Waals surface area contributed by atoms with E-state index in [1.54, 1.807) is 0 Å². The average molecular weight is 352 g/mol. The predicted octanol–water partition coefficient (Wildman–Crippen LogP) is 2.06. The van der Waals surface area contributed by atoms with E-state index in [0.717, 1.165) is 12.1 Å². The average Bonchev–Trinajstić information content (AvgIpc) is 2.73. The Kier molecular flexibility index (Phi) is 4.46. The molecule has 2 rings (SSSR count). The first-order valence-corrected chi connectivity index (χ1v) is 8.51. The summed E-state index contributed by atoms with van der Waals surface area (Å²) in [4.78, 5) is 22.9. The first-order chi connectivity index (χ1) is 9.69. The van der Waals surface area contributed by atoms with Crippen molar-refractivity contribution in [2.45, 2.75) is 6.42 Å². The van der Waals surface area contributed by atoms with Gasteiger partial charge in [-0.2, -0.15) is 0 Å². The molecule has 1 atom stereocenters. The van der Waals surface area contributed by atoms with Gasteiger partial charge < -0.3 is 10.4 Å². The molecule has 0 aliphatic carbocycles. The molecular weight excluding hydrogens is 341 g/mol. The van der Waals surface area contributed by atoms with Gasteiger partial charge in [-0.15, -0.1) is 0 Å². The minimum atomic E-state index is -3.18. The van der Waals surface area contributed by atoms with Gasteiger partial charge in [-0.25, -0.2) is 13.2 Å². The summed E-state index contributed by atoms with van der Waals surface area (Å²) in [7, 11) is -3.18. The lowest BCUT2D eigenvalue weighted by atomic mass is 10.1. The molecule has 1 aromatic carbocycles. The fourth-order valence-corrected chi connectivity index (χ4v) is 4.37. The first kappa shape index (κ1) is 16.1. The topological polar surface area (TPSA) is 101 Å². The number of carboxylic acids is 1. The zero-order chi connectivity index (χ0) is 15.8.